The summed E-state index contributed by atoms with van der Waals surface area (Å²) in [5.74, 6) is 0.920. The van der Waals surface area contributed by atoms with Crippen molar-refractivity contribution in [3.05, 3.63) is 59.2 Å². The minimum atomic E-state index is -0.113. The molecule has 0 fully saturated rings. The Morgan fingerprint density at radius 1 is 1.14 bits per heavy atom. The van der Waals surface area contributed by atoms with E-state index in [1.165, 1.54) is 10.5 Å². The minimum absolute atomic E-state index is 0.113. The number of carbonyl (C=O) groups excluding carboxylic acids is 1. The summed E-state index contributed by atoms with van der Waals surface area (Å²) < 4.78 is 11.2. The maximum atomic E-state index is 12.3. The molecular formula is C18H21NO3. The quantitative estimate of drug-likeness (QED) is 0.850. The van der Waals surface area contributed by atoms with Gasteiger partial charge in [0.25, 0.3) is 5.91 Å². The summed E-state index contributed by atoms with van der Waals surface area (Å²) >= 11 is 0. The lowest BCUT2D eigenvalue weighted by Gasteiger charge is -2.17. The molecule has 0 aliphatic carbocycles. The first-order valence-corrected chi connectivity index (χ1v) is 7.10. The van der Waals surface area contributed by atoms with Crippen LogP contribution in [0, 0.1) is 6.92 Å². The number of hydrogen-bond donors (Lipinski definition) is 0. The van der Waals surface area contributed by atoms with E-state index in [2.05, 4.69) is 6.07 Å². The van der Waals surface area contributed by atoms with Gasteiger partial charge in [0.15, 0.2) is 11.5 Å². The van der Waals surface area contributed by atoms with Crippen LogP contribution >= 0.6 is 0 Å². The number of rotatable bonds is 5. The molecule has 2 aromatic carbocycles. The third-order valence-electron chi connectivity index (χ3n) is 3.30. The van der Waals surface area contributed by atoms with Gasteiger partial charge in [-0.15, -0.1) is 0 Å². The molecule has 0 radical (unpaired) electrons. The van der Waals surface area contributed by atoms with E-state index in [0.29, 0.717) is 23.7 Å². The molecule has 0 N–H and O–H groups in total. The van der Waals surface area contributed by atoms with Gasteiger partial charge >= 0.3 is 0 Å². The Morgan fingerprint density at radius 3 is 2.50 bits per heavy atom. The standard InChI is InChI=1S/C18H21NO3/c1-13-7-5-8-14(11-13)12-22-17-15(18(20)19(2)3)9-6-10-16(17)21-4/h5-11H,12H2,1-4H3. The predicted molar refractivity (Wildman–Crippen MR) is 86.5 cm³/mol. The van der Waals surface area contributed by atoms with E-state index >= 15 is 0 Å². The van der Waals surface area contributed by atoms with Gasteiger partial charge in [-0.1, -0.05) is 35.9 Å². The number of nitrogens with zero attached hydrogens (tertiary/aromatic N) is 1. The highest BCUT2D eigenvalue weighted by Crippen LogP contribution is 2.32. The van der Waals surface area contributed by atoms with Gasteiger partial charge in [-0.25, -0.2) is 0 Å². The van der Waals surface area contributed by atoms with Crippen molar-refractivity contribution in [2.75, 3.05) is 21.2 Å². The van der Waals surface area contributed by atoms with Gasteiger partial charge in [-0.3, -0.25) is 4.79 Å². The normalized spacial score (nSPS) is 10.2. The van der Waals surface area contributed by atoms with Crippen molar-refractivity contribution in [3.63, 3.8) is 0 Å². The Morgan fingerprint density at radius 2 is 1.86 bits per heavy atom. The smallest absolute Gasteiger partial charge is 0.257 e. The van der Waals surface area contributed by atoms with Crippen molar-refractivity contribution in [2.45, 2.75) is 13.5 Å². The second-order valence-electron chi connectivity index (χ2n) is 5.31. The summed E-state index contributed by atoms with van der Waals surface area (Å²) in [4.78, 5) is 13.8. The van der Waals surface area contributed by atoms with Crippen molar-refractivity contribution in [1.29, 1.82) is 0 Å². The van der Waals surface area contributed by atoms with Gasteiger partial charge in [0.05, 0.1) is 12.7 Å². The maximum absolute atomic E-state index is 12.3. The average molecular weight is 299 g/mol. The second-order valence-corrected chi connectivity index (χ2v) is 5.31. The van der Waals surface area contributed by atoms with Crippen LogP contribution in [0.5, 0.6) is 11.5 Å². The van der Waals surface area contributed by atoms with Crippen molar-refractivity contribution < 1.29 is 14.3 Å². The zero-order chi connectivity index (χ0) is 16.1. The highest BCUT2D eigenvalue weighted by molar-refractivity contribution is 5.97. The largest absolute Gasteiger partial charge is 0.493 e. The molecular weight excluding hydrogens is 278 g/mol. The molecule has 0 aromatic heterocycles. The van der Waals surface area contributed by atoms with Crippen LogP contribution in [-0.2, 0) is 6.61 Å². The topological polar surface area (TPSA) is 38.8 Å². The van der Waals surface area contributed by atoms with Crippen LogP contribution in [0.2, 0.25) is 0 Å². The van der Waals surface area contributed by atoms with Crippen LogP contribution in [0.4, 0.5) is 0 Å². The van der Waals surface area contributed by atoms with E-state index in [4.69, 9.17) is 9.47 Å². The van der Waals surface area contributed by atoms with Gasteiger partial charge in [0.2, 0.25) is 0 Å². The fourth-order valence-corrected chi connectivity index (χ4v) is 2.19. The highest BCUT2D eigenvalue weighted by Gasteiger charge is 2.18. The second kappa shape index (κ2) is 6.98. The summed E-state index contributed by atoms with van der Waals surface area (Å²) in [7, 11) is 5.00. The fourth-order valence-electron chi connectivity index (χ4n) is 2.19. The first kappa shape index (κ1) is 15.9. The third kappa shape index (κ3) is 3.58. The summed E-state index contributed by atoms with van der Waals surface area (Å²) in [6.45, 7) is 2.42. The summed E-state index contributed by atoms with van der Waals surface area (Å²) in [6, 6.07) is 13.4. The lowest BCUT2D eigenvalue weighted by molar-refractivity contribution is 0.0822. The Labute approximate surface area is 131 Å². The number of aryl methyl sites for hydroxylation is 1. The number of carbonyl (C=O) groups is 1. The first-order chi connectivity index (χ1) is 10.5. The van der Waals surface area contributed by atoms with Gasteiger partial charge in [0.1, 0.15) is 6.61 Å². The van der Waals surface area contributed by atoms with Crippen LogP contribution in [0.15, 0.2) is 42.5 Å². The molecule has 0 saturated carbocycles. The minimum Gasteiger partial charge on any atom is -0.493 e. The van der Waals surface area contributed by atoms with Crippen LogP contribution in [0.1, 0.15) is 21.5 Å². The molecule has 116 valence electrons. The van der Waals surface area contributed by atoms with E-state index in [9.17, 15) is 4.79 Å². The number of methoxy groups -OCH3 is 1. The molecule has 0 bridgehead atoms. The molecule has 22 heavy (non-hydrogen) atoms. The van der Waals surface area contributed by atoms with Crippen molar-refractivity contribution in [2.24, 2.45) is 0 Å². The molecule has 1 amide bonds. The van der Waals surface area contributed by atoms with E-state index in [-0.39, 0.29) is 5.91 Å². The number of benzene rings is 2. The van der Waals surface area contributed by atoms with Crippen LogP contribution in [0.25, 0.3) is 0 Å². The highest BCUT2D eigenvalue weighted by atomic mass is 16.5. The van der Waals surface area contributed by atoms with Gasteiger partial charge < -0.3 is 14.4 Å². The van der Waals surface area contributed by atoms with Gasteiger partial charge in [0, 0.05) is 14.1 Å². The number of ether oxygens (including phenoxy) is 2. The monoisotopic (exact) mass is 299 g/mol. The zero-order valence-electron chi connectivity index (χ0n) is 13.4. The zero-order valence-corrected chi connectivity index (χ0v) is 13.4. The molecule has 0 heterocycles. The molecule has 4 nitrogen and oxygen atoms in total. The van der Waals surface area contributed by atoms with Crippen molar-refractivity contribution in [3.8, 4) is 11.5 Å². The Balaban J connectivity index is 2.30. The Kier molecular flexibility index (Phi) is 5.04. The lowest BCUT2D eigenvalue weighted by atomic mass is 10.1. The summed E-state index contributed by atoms with van der Waals surface area (Å²) in [6.07, 6.45) is 0. The molecule has 4 heteroatoms. The lowest BCUT2D eigenvalue weighted by Crippen LogP contribution is -2.22. The molecule has 2 aromatic rings. The third-order valence-corrected chi connectivity index (χ3v) is 3.30. The van der Waals surface area contributed by atoms with Crippen molar-refractivity contribution in [1.82, 2.24) is 4.90 Å². The van der Waals surface area contributed by atoms with Crippen molar-refractivity contribution >= 4 is 5.91 Å². The molecule has 0 spiro atoms. The first-order valence-electron chi connectivity index (χ1n) is 7.10. The molecule has 2 rings (SSSR count). The van der Waals surface area contributed by atoms with Gasteiger partial charge in [-0.2, -0.15) is 0 Å². The Bertz CT molecular complexity index is 665. The fraction of sp³-hybridized carbons (Fsp3) is 0.278. The number of para-hydroxylation sites is 1. The maximum Gasteiger partial charge on any atom is 0.257 e. The molecule has 0 unspecified atom stereocenters. The van der Waals surface area contributed by atoms with Crippen LogP contribution < -0.4 is 9.47 Å². The summed E-state index contributed by atoms with van der Waals surface area (Å²) in [5.41, 5.74) is 2.72. The van der Waals surface area contributed by atoms with Crippen LogP contribution in [0.3, 0.4) is 0 Å². The SMILES string of the molecule is COc1cccc(C(=O)N(C)C)c1OCc1cccc(C)c1. The average Bonchev–Trinajstić information content (AvgIpc) is 2.51. The van der Waals surface area contributed by atoms with Crippen LogP contribution in [-0.4, -0.2) is 32.0 Å². The van der Waals surface area contributed by atoms with E-state index in [1.54, 1.807) is 39.4 Å². The number of amides is 1. The Hall–Kier alpha value is -2.49. The van der Waals surface area contributed by atoms with E-state index < -0.39 is 0 Å². The predicted octanol–water partition coefficient (Wildman–Crippen LogP) is 3.28. The van der Waals surface area contributed by atoms with E-state index in [0.717, 1.165) is 5.56 Å². The number of hydrogen-bond acceptors (Lipinski definition) is 3. The molecule has 0 atom stereocenters. The molecule has 0 saturated heterocycles. The summed E-state index contributed by atoms with van der Waals surface area (Å²) in [5, 5.41) is 0. The molecule has 0 aliphatic rings. The molecule has 0 aliphatic heterocycles. The van der Waals surface area contributed by atoms with E-state index in [1.807, 2.05) is 25.1 Å². The van der Waals surface area contributed by atoms with Gasteiger partial charge in [-0.05, 0) is 24.6 Å².